The summed E-state index contributed by atoms with van der Waals surface area (Å²) in [6, 6.07) is 44.2. The van der Waals surface area contributed by atoms with Crippen molar-refractivity contribution in [1.29, 1.82) is 0 Å². The van der Waals surface area contributed by atoms with E-state index >= 15 is 0 Å². The van der Waals surface area contributed by atoms with Crippen molar-refractivity contribution in [3.05, 3.63) is 130 Å². The van der Waals surface area contributed by atoms with Gasteiger partial charge in [0.05, 0.1) is 0 Å². The summed E-state index contributed by atoms with van der Waals surface area (Å²) in [5, 5.41) is 15.8. The molecular weight excluding hydrogens is 616 g/mol. The van der Waals surface area contributed by atoms with Crippen LogP contribution in [0.15, 0.2) is 130 Å². The fourth-order valence-electron chi connectivity index (χ4n) is 7.16. The fourth-order valence-corrected chi connectivity index (χ4v) is 8.61. The molecular formula is C38H20Br2. The lowest BCUT2D eigenvalue weighted by molar-refractivity contribution is 1.61. The molecule has 0 spiro atoms. The van der Waals surface area contributed by atoms with Gasteiger partial charge >= 0.3 is 0 Å². The Bertz CT molecular complexity index is 2420. The van der Waals surface area contributed by atoms with Crippen LogP contribution in [0, 0.1) is 0 Å². The third-order valence-corrected chi connectivity index (χ3v) is 10.1. The van der Waals surface area contributed by atoms with E-state index < -0.39 is 0 Å². The van der Waals surface area contributed by atoms with Crippen LogP contribution in [0.5, 0.6) is 0 Å². The summed E-state index contributed by atoms with van der Waals surface area (Å²) in [6.45, 7) is 0. The molecule has 0 atom stereocenters. The average molecular weight is 636 g/mol. The van der Waals surface area contributed by atoms with Crippen molar-refractivity contribution in [2.75, 3.05) is 0 Å². The van der Waals surface area contributed by atoms with Crippen LogP contribution in [0.25, 0.3) is 86.9 Å². The Labute approximate surface area is 247 Å². The molecule has 0 nitrogen and oxygen atoms in total. The molecule has 0 unspecified atom stereocenters. The number of rotatable bonds is 2. The molecule has 0 heterocycles. The zero-order valence-corrected chi connectivity index (χ0v) is 24.5. The van der Waals surface area contributed by atoms with Gasteiger partial charge in [0.15, 0.2) is 0 Å². The standard InChI is InChI=1S/C38H20Br2/c39-29-20-28-24-16-7-14-21-15-8-17-25(30(21)24)34(28)35-27-19-9-18-26-31(22-10-3-1-4-11-22)32(23-12-5-2-6-13-23)38(40)37(33(26)27)36(29)35/h1-20H. The molecule has 0 bridgehead atoms. The first-order valence-electron chi connectivity index (χ1n) is 13.5. The van der Waals surface area contributed by atoms with E-state index in [-0.39, 0.29) is 0 Å². The number of hydrogen-bond acceptors (Lipinski definition) is 0. The zero-order valence-electron chi connectivity index (χ0n) is 21.3. The molecule has 186 valence electrons. The second-order valence-electron chi connectivity index (χ2n) is 10.6. The van der Waals surface area contributed by atoms with Crippen molar-refractivity contribution in [2.45, 2.75) is 0 Å². The Kier molecular flexibility index (Phi) is 4.71. The molecule has 9 rings (SSSR count). The lowest BCUT2D eigenvalue weighted by Crippen LogP contribution is -1.91. The maximum absolute atomic E-state index is 4.20. The lowest BCUT2D eigenvalue weighted by atomic mass is 9.88. The van der Waals surface area contributed by atoms with E-state index in [1.54, 1.807) is 0 Å². The van der Waals surface area contributed by atoms with Gasteiger partial charge in [-0.05, 0) is 92.5 Å². The van der Waals surface area contributed by atoms with Crippen LogP contribution in [0.2, 0.25) is 0 Å². The molecule has 0 aliphatic carbocycles. The minimum atomic E-state index is 1.13. The molecule has 0 aliphatic rings. The molecule has 0 aromatic heterocycles. The van der Waals surface area contributed by atoms with E-state index in [4.69, 9.17) is 0 Å². The van der Waals surface area contributed by atoms with Crippen molar-refractivity contribution < 1.29 is 0 Å². The zero-order chi connectivity index (χ0) is 26.5. The molecule has 0 radical (unpaired) electrons. The minimum absolute atomic E-state index is 1.13. The Morgan fingerprint density at radius 1 is 0.350 bits per heavy atom. The van der Waals surface area contributed by atoms with Gasteiger partial charge in [-0.1, -0.05) is 131 Å². The second-order valence-corrected chi connectivity index (χ2v) is 12.3. The van der Waals surface area contributed by atoms with Gasteiger partial charge in [0.25, 0.3) is 0 Å². The van der Waals surface area contributed by atoms with E-state index in [0.717, 1.165) is 8.95 Å². The van der Waals surface area contributed by atoms with E-state index in [1.165, 1.54) is 86.9 Å². The molecule has 0 aliphatic heterocycles. The van der Waals surface area contributed by atoms with Gasteiger partial charge in [-0.25, -0.2) is 0 Å². The Morgan fingerprint density at radius 3 is 1.60 bits per heavy atom. The lowest BCUT2D eigenvalue weighted by Gasteiger charge is -2.18. The summed E-state index contributed by atoms with van der Waals surface area (Å²) >= 11 is 8.28. The predicted molar refractivity (Wildman–Crippen MR) is 180 cm³/mol. The Hall–Kier alpha value is -3.98. The van der Waals surface area contributed by atoms with E-state index in [9.17, 15) is 0 Å². The molecule has 0 fully saturated rings. The fraction of sp³-hybridized carbons (Fsp3) is 0. The molecule has 0 N–H and O–H groups in total. The average Bonchev–Trinajstić information content (AvgIpc) is 3.52. The van der Waals surface area contributed by atoms with Crippen LogP contribution in [-0.2, 0) is 0 Å². The van der Waals surface area contributed by atoms with Gasteiger partial charge in [-0.2, -0.15) is 0 Å². The molecule has 0 saturated carbocycles. The number of benzene rings is 7. The van der Waals surface area contributed by atoms with Crippen LogP contribution < -0.4 is 0 Å². The molecule has 0 amide bonds. The van der Waals surface area contributed by atoms with Crippen LogP contribution >= 0.6 is 31.9 Å². The maximum Gasteiger partial charge on any atom is 0.0345 e. The monoisotopic (exact) mass is 634 g/mol. The number of halogens is 2. The molecule has 2 heteroatoms. The minimum Gasteiger partial charge on any atom is -0.0622 e. The van der Waals surface area contributed by atoms with Crippen molar-refractivity contribution in [1.82, 2.24) is 0 Å². The number of hydrogen-bond donors (Lipinski definition) is 0. The van der Waals surface area contributed by atoms with Crippen LogP contribution in [0.4, 0.5) is 0 Å². The van der Waals surface area contributed by atoms with E-state index in [2.05, 4.69) is 153 Å². The quantitative estimate of drug-likeness (QED) is 0.177. The number of fused-ring (bicyclic) bond motifs is 7. The highest BCUT2D eigenvalue weighted by Gasteiger charge is 2.26. The predicted octanol–water partition coefficient (Wildman–Crippen LogP) is 12.3. The largest absolute Gasteiger partial charge is 0.0622 e. The first kappa shape index (κ1) is 22.8. The smallest absolute Gasteiger partial charge is 0.0345 e. The SMILES string of the molecule is Brc1c(-c2ccccc2)c(-c2ccccc2)c2cccc3c2c1c1c(Br)cc2c4cccc5cccc(c54)c2c31. The van der Waals surface area contributed by atoms with Gasteiger partial charge in [-0.3, -0.25) is 0 Å². The highest BCUT2D eigenvalue weighted by Crippen LogP contribution is 2.55. The van der Waals surface area contributed by atoms with E-state index in [0.29, 0.717) is 0 Å². The van der Waals surface area contributed by atoms with Crippen molar-refractivity contribution in [3.8, 4) is 22.3 Å². The molecule has 0 saturated heterocycles. The highest BCUT2D eigenvalue weighted by atomic mass is 79.9. The summed E-state index contributed by atoms with van der Waals surface area (Å²) in [5.41, 5.74) is 4.94. The van der Waals surface area contributed by atoms with Crippen molar-refractivity contribution in [3.63, 3.8) is 0 Å². The molecule has 9 aromatic carbocycles. The first-order valence-corrected chi connectivity index (χ1v) is 15.1. The summed E-state index contributed by atoms with van der Waals surface area (Å²) in [4.78, 5) is 0. The topological polar surface area (TPSA) is 0 Å². The van der Waals surface area contributed by atoms with Crippen LogP contribution in [0.1, 0.15) is 0 Å². The van der Waals surface area contributed by atoms with Gasteiger partial charge in [0.2, 0.25) is 0 Å². The first-order chi connectivity index (χ1) is 19.7. The van der Waals surface area contributed by atoms with Gasteiger partial charge in [0, 0.05) is 25.3 Å². The van der Waals surface area contributed by atoms with Crippen LogP contribution in [0.3, 0.4) is 0 Å². The van der Waals surface area contributed by atoms with Gasteiger partial charge in [-0.15, -0.1) is 0 Å². The summed E-state index contributed by atoms with van der Waals surface area (Å²) < 4.78 is 2.28. The molecule has 40 heavy (non-hydrogen) atoms. The maximum atomic E-state index is 4.20. The van der Waals surface area contributed by atoms with Crippen molar-refractivity contribution in [2.24, 2.45) is 0 Å². The Balaban J connectivity index is 1.60. The molecule has 9 aromatic rings. The van der Waals surface area contributed by atoms with Crippen molar-refractivity contribution >= 4 is 96.5 Å². The third-order valence-electron chi connectivity index (χ3n) is 8.66. The van der Waals surface area contributed by atoms with E-state index in [1.807, 2.05) is 0 Å². The van der Waals surface area contributed by atoms with Gasteiger partial charge < -0.3 is 0 Å². The Morgan fingerprint density at radius 2 is 0.900 bits per heavy atom. The summed E-state index contributed by atoms with van der Waals surface area (Å²) in [6.07, 6.45) is 0. The highest BCUT2D eigenvalue weighted by molar-refractivity contribution is 9.11. The third kappa shape index (κ3) is 2.85. The van der Waals surface area contributed by atoms with Gasteiger partial charge in [0.1, 0.15) is 0 Å². The summed E-state index contributed by atoms with van der Waals surface area (Å²) in [7, 11) is 0. The summed E-state index contributed by atoms with van der Waals surface area (Å²) in [5.74, 6) is 0. The second kappa shape index (κ2) is 8.27. The van der Waals surface area contributed by atoms with Crippen LogP contribution in [-0.4, -0.2) is 0 Å². The normalized spacial score (nSPS) is 12.2.